The van der Waals surface area contributed by atoms with E-state index in [4.69, 9.17) is 0 Å². The molecule has 0 aromatic rings. The van der Waals surface area contributed by atoms with E-state index in [1.807, 2.05) is 6.92 Å². The van der Waals surface area contributed by atoms with Crippen LogP contribution in [0.3, 0.4) is 0 Å². The Morgan fingerprint density at radius 3 is 1.90 bits per heavy atom. The summed E-state index contributed by atoms with van der Waals surface area (Å²) < 4.78 is 0. The number of hydrogen-bond acceptors (Lipinski definition) is 2. The van der Waals surface area contributed by atoms with Crippen LogP contribution in [0.5, 0.6) is 0 Å². The first kappa shape index (κ1) is 8.02. The van der Waals surface area contributed by atoms with Crippen molar-refractivity contribution in [3.05, 3.63) is 0 Å². The zero-order chi connectivity index (χ0) is 7.99. The summed E-state index contributed by atoms with van der Waals surface area (Å²) >= 11 is 0. The second-order valence-corrected chi connectivity index (χ2v) is 4.00. The summed E-state index contributed by atoms with van der Waals surface area (Å²) in [6.45, 7) is 7.08. The normalized spacial score (nSPS) is 40.5. The minimum Gasteiger partial charge on any atom is -0.388 e. The Hall–Kier alpha value is -0.0800. The van der Waals surface area contributed by atoms with Crippen molar-refractivity contribution in [3.63, 3.8) is 0 Å². The molecule has 1 aliphatic heterocycles. The lowest BCUT2D eigenvalue weighted by Crippen LogP contribution is -2.50. The first-order valence-electron chi connectivity index (χ1n) is 3.81. The number of rotatable bonds is 0. The predicted molar refractivity (Wildman–Crippen MR) is 41.9 cm³/mol. The molecule has 0 radical (unpaired) electrons. The van der Waals surface area contributed by atoms with E-state index >= 15 is 0 Å². The van der Waals surface area contributed by atoms with E-state index in [0.717, 1.165) is 13.0 Å². The van der Waals surface area contributed by atoms with Crippen molar-refractivity contribution in [1.29, 1.82) is 0 Å². The summed E-state index contributed by atoms with van der Waals surface area (Å²) in [6, 6.07) is 0. The van der Waals surface area contributed by atoms with Gasteiger partial charge in [-0.15, -0.1) is 0 Å². The molecule has 1 saturated heterocycles. The van der Waals surface area contributed by atoms with Crippen LogP contribution in [-0.4, -0.2) is 34.7 Å². The minimum atomic E-state index is -0.512. The van der Waals surface area contributed by atoms with Crippen LogP contribution in [0.4, 0.5) is 0 Å². The van der Waals surface area contributed by atoms with Crippen LogP contribution < -0.4 is 0 Å². The Morgan fingerprint density at radius 1 is 1.30 bits per heavy atom. The lowest BCUT2D eigenvalue weighted by atomic mass is 9.86. The quantitative estimate of drug-likeness (QED) is 0.543. The molecule has 1 fully saturated rings. The van der Waals surface area contributed by atoms with Gasteiger partial charge in [-0.3, -0.25) is 4.90 Å². The Bertz CT molecular complexity index is 140. The zero-order valence-electron chi connectivity index (χ0n) is 7.31. The van der Waals surface area contributed by atoms with Gasteiger partial charge in [0.05, 0.1) is 5.60 Å². The van der Waals surface area contributed by atoms with Gasteiger partial charge in [-0.05, 0) is 34.2 Å². The first-order chi connectivity index (χ1) is 4.38. The van der Waals surface area contributed by atoms with E-state index in [9.17, 15) is 5.11 Å². The molecule has 10 heavy (non-hydrogen) atoms. The van der Waals surface area contributed by atoms with E-state index in [1.54, 1.807) is 0 Å². The van der Waals surface area contributed by atoms with E-state index in [2.05, 4.69) is 25.8 Å². The van der Waals surface area contributed by atoms with Gasteiger partial charge in [0.15, 0.2) is 0 Å². The lowest BCUT2D eigenvalue weighted by Gasteiger charge is -2.37. The molecule has 0 aromatic heterocycles. The summed E-state index contributed by atoms with van der Waals surface area (Å²) in [5, 5.41) is 9.85. The lowest BCUT2D eigenvalue weighted by molar-refractivity contribution is -0.0219. The highest BCUT2D eigenvalue weighted by molar-refractivity contribution is 5.03. The highest BCUT2D eigenvalue weighted by Gasteiger charge is 2.47. The molecule has 1 atom stereocenters. The van der Waals surface area contributed by atoms with Crippen LogP contribution in [0.15, 0.2) is 0 Å². The van der Waals surface area contributed by atoms with Crippen LogP contribution in [-0.2, 0) is 0 Å². The molecule has 2 nitrogen and oxygen atoms in total. The van der Waals surface area contributed by atoms with Crippen LogP contribution in [0.2, 0.25) is 0 Å². The molecule has 0 aromatic carbocycles. The summed E-state index contributed by atoms with van der Waals surface area (Å²) in [5.74, 6) is 0. The SMILES string of the molecule is CN1CCC(C)(O)C1(C)C. The van der Waals surface area contributed by atoms with Crippen molar-refractivity contribution in [1.82, 2.24) is 4.90 Å². The molecule has 1 N–H and O–H groups in total. The average Bonchev–Trinajstić information content (AvgIpc) is 1.94. The minimum absolute atomic E-state index is 0.0625. The number of nitrogens with zero attached hydrogens (tertiary/aromatic N) is 1. The molecule has 1 unspecified atom stereocenters. The van der Waals surface area contributed by atoms with E-state index < -0.39 is 5.60 Å². The smallest absolute Gasteiger partial charge is 0.0809 e. The van der Waals surface area contributed by atoms with E-state index in [-0.39, 0.29) is 5.54 Å². The third kappa shape index (κ3) is 0.867. The monoisotopic (exact) mass is 143 g/mol. The van der Waals surface area contributed by atoms with Gasteiger partial charge in [0.25, 0.3) is 0 Å². The highest BCUT2D eigenvalue weighted by Crippen LogP contribution is 2.36. The topological polar surface area (TPSA) is 23.5 Å². The molecular formula is C8H17NO. The standard InChI is InChI=1S/C8H17NO/c1-7(2)8(3,10)5-6-9(7)4/h10H,5-6H2,1-4H3. The Labute approximate surface area is 62.8 Å². The largest absolute Gasteiger partial charge is 0.388 e. The van der Waals surface area contributed by atoms with Crippen LogP contribution in [0.1, 0.15) is 27.2 Å². The third-order valence-electron chi connectivity index (χ3n) is 3.21. The first-order valence-corrected chi connectivity index (χ1v) is 3.81. The van der Waals surface area contributed by atoms with Crippen molar-refractivity contribution in [3.8, 4) is 0 Å². The van der Waals surface area contributed by atoms with Gasteiger partial charge in [-0.25, -0.2) is 0 Å². The Balaban J connectivity index is 2.84. The van der Waals surface area contributed by atoms with Gasteiger partial charge < -0.3 is 5.11 Å². The van der Waals surface area contributed by atoms with Crippen molar-refractivity contribution >= 4 is 0 Å². The van der Waals surface area contributed by atoms with Gasteiger partial charge in [0, 0.05) is 12.1 Å². The summed E-state index contributed by atoms with van der Waals surface area (Å²) in [4.78, 5) is 2.20. The number of hydrogen-bond donors (Lipinski definition) is 1. The van der Waals surface area contributed by atoms with Crippen molar-refractivity contribution in [2.45, 2.75) is 38.3 Å². The Kier molecular flexibility index (Phi) is 1.57. The maximum absolute atomic E-state index is 9.85. The summed E-state index contributed by atoms with van der Waals surface area (Å²) in [5.41, 5.74) is -0.575. The van der Waals surface area contributed by atoms with Crippen molar-refractivity contribution < 1.29 is 5.11 Å². The van der Waals surface area contributed by atoms with Crippen molar-refractivity contribution in [2.24, 2.45) is 0 Å². The molecular weight excluding hydrogens is 126 g/mol. The molecule has 1 aliphatic rings. The van der Waals surface area contributed by atoms with Crippen LogP contribution in [0.25, 0.3) is 0 Å². The molecule has 60 valence electrons. The maximum Gasteiger partial charge on any atom is 0.0809 e. The average molecular weight is 143 g/mol. The molecule has 2 heteroatoms. The van der Waals surface area contributed by atoms with Crippen molar-refractivity contribution in [2.75, 3.05) is 13.6 Å². The zero-order valence-corrected chi connectivity index (χ0v) is 7.31. The second-order valence-electron chi connectivity index (χ2n) is 4.00. The van der Waals surface area contributed by atoms with Gasteiger partial charge in [0.2, 0.25) is 0 Å². The number of likely N-dealkylation sites (N-methyl/N-ethyl adjacent to an activating group) is 1. The fraction of sp³-hybridized carbons (Fsp3) is 1.00. The highest BCUT2D eigenvalue weighted by atomic mass is 16.3. The second kappa shape index (κ2) is 1.95. The fourth-order valence-electron chi connectivity index (χ4n) is 1.38. The van der Waals surface area contributed by atoms with Gasteiger partial charge in [0.1, 0.15) is 0 Å². The predicted octanol–water partition coefficient (Wildman–Crippen LogP) is 0.851. The van der Waals surface area contributed by atoms with E-state index in [0.29, 0.717) is 0 Å². The van der Waals surface area contributed by atoms with Gasteiger partial charge >= 0.3 is 0 Å². The fourth-order valence-corrected chi connectivity index (χ4v) is 1.38. The molecule has 0 bridgehead atoms. The molecule has 0 spiro atoms. The summed E-state index contributed by atoms with van der Waals surface area (Å²) in [6.07, 6.45) is 0.885. The van der Waals surface area contributed by atoms with E-state index in [1.165, 1.54) is 0 Å². The summed E-state index contributed by atoms with van der Waals surface area (Å²) in [7, 11) is 2.06. The maximum atomic E-state index is 9.85. The van der Waals surface area contributed by atoms with Gasteiger partial charge in [-0.1, -0.05) is 0 Å². The molecule has 1 heterocycles. The Morgan fingerprint density at radius 2 is 1.80 bits per heavy atom. The number of aliphatic hydroxyl groups is 1. The molecule has 1 rings (SSSR count). The molecule has 0 aliphatic carbocycles. The van der Waals surface area contributed by atoms with Crippen LogP contribution in [0, 0.1) is 0 Å². The van der Waals surface area contributed by atoms with Crippen LogP contribution >= 0.6 is 0 Å². The third-order valence-corrected chi connectivity index (χ3v) is 3.21. The van der Waals surface area contributed by atoms with Gasteiger partial charge in [-0.2, -0.15) is 0 Å². The number of likely N-dealkylation sites (tertiary alicyclic amines) is 1. The molecule has 0 amide bonds. The molecule has 0 saturated carbocycles.